The van der Waals surface area contributed by atoms with Crippen molar-refractivity contribution in [3.8, 4) is 5.75 Å². The van der Waals surface area contributed by atoms with E-state index in [1.807, 2.05) is 0 Å². The van der Waals surface area contributed by atoms with E-state index in [0.717, 1.165) is 19.5 Å². The van der Waals surface area contributed by atoms with Crippen molar-refractivity contribution in [2.24, 2.45) is 5.92 Å². The highest BCUT2D eigenvalue weighted by atomic mass is 16.5. The zero-order valence-electron chi connectivity index (χ0n) is 9.48. The maximum absolute atomic E-state index is 11.0. The second-order valence-electron chi connectivity index (χ2n) is 4.20. The summed E-state index contributed by atoms with van der Waals surface area (Å²) in [5.41, 5.74) is 6.23. The molecule has 0 aromatic heterocycles. The largest absolute Gasteiger partial charge is 0.490 e. The van der Waals surface area contributed by atoms with Crippen molar-refractivity contribution in [3.05, 3.63) is 23.8 Å². The molecule has 1 aromatic carbocycles. The van der Waals surface area contributed by atoms with Gasteiger partial charge in [0.25, 0.3) is 0 Å². The minimum absolute atomic E-state index is 0.121. The van der Waals surface area contributed by atoms with Crippen molar-refractivity contribution in [2.45, 2.75) is 6.42 Å². The van der Waals surface area contributed by atoms with Crippen molar-refractivity contribution in [1.82, 2.24) is 5.32 Å². The summed E-state index contributed by atoms with van der Waals surface area (Å²) in [4.78, 5) is 11.0. The summed E-state index contributed by atoms with van der Waals surface area (Å²) in [6.07, 6.45) is 1.05. The van der Waals surface area contributed by atoms with Crippen molar-refractivity contribution >= 4 is 11.7 Å². The third kappa shape index (κ3) is 2.68. The van der Waals surface area contributed by atoms with Gasteiger partial charge in [-0.3, -0.25) is 0 Å². The number of benzene rings is 1. The lowest BCUT2D eigenvalue weighted by molar-refractivity contribution is 0.0691. The number of hydrogen-bond acceptors (Lipinski definition) is 4. The molecule has 2 rings (SSSR count). The molecular weight excluding hydrogens is 220 g/mol. The van der Waals surface area contributed by atoms with Gasteiger partial charge in [-0.2, -0.15) is 0 Å². The van der Waals surface area contributed by atoms with E-state index in [1.165, 1.54) is 6.07 Å². The fourth-order valence-electron chi connectivity index (χ4n) is 1.94. The van der Waals surface area contributed by atoms with Gasteiger partial charge in [0.15, 0.2) is 5.75 Å². The first kappa shape index (κ1) is 11.7. The molecule has 17 heavy (non-hydrogen) atoms. The number of ether oxygens (including phenoxy) is 1. The van der Waals surface area contributed by atoms with Gasteiger partial charge >= 0.3 is 5.97 Å². The van der Waals surface area contributed by atoms with E-state index in [1.54, 1.807) is 12.1 Å². The Balaban J connectivity index is 2.10. The second-order valence-corrected chi connectivity index (χ2v) is 4.20. The Kier molecular flexibility index (Phi) is 3.49. The average molecular weight is 236 g/mol. The zero-order valence-corrected chi connectivity index (χ0v) is 9.48. The monoisotopic (exact) mass is 236 g/mol. The van der Waals surface area contributed by atoms with Gasteiger partial charge < -0.3 is 20.9 Å². The summed E-state index contributed by atoms with van der Waals surface area (Å²) in [6, 6.07) is 4.76. The summed E-state index contributed by atoms with van der Waals surface area (Å²) in [5.74, 6) is -0.306. The van der Waals surface area contributed by atoms with Gasteiger partial charge in [0.2, 0.25) is 0 Å². The minimum Gasteiger partial charge on any atom is -0.490 e. The number of nitrogens with one attached hydrogen (secondary N) is 1. The Morgan fingerprint density at radius 3 is 3.06 bits per heavy atom. The number of rotatable bonds is 4. The van der Waals surface area contributed by atoms with E-state index in [-0.39, 0.29) is 11.3 Å². The number of nitrogens with two attached hydrogens (primary N) is 1. The highest BCUT2D eigenvalue weighted by molar-refractivity contribution is 5.93. The quantitative estimate of drug-likeness (QED) is 0.678. The molecule has 4 N–H and O–H groups in total. The van der Waals surface area contributed by atoms with Crippen LogP contribution in [-0.4, -0.2) is 30.8 Å². The van der Waals surface area contributed by atoms with Crippen molar-refractivity contribution in [2.75, 3.05) is 25.4 Å². The SMILES string of the molecule is Nc1cccc(C(=O)O)c1OCC1CCNC1. The molecule has 0 bridgehead atoms. The predicted molar refractivity (Wildman–Crippen MR) is 64.3 cm³/mol. The molecule has 1 saturated heterocycles. The van der Waals surface area contributed by atoms with E-state index in [2.05, 4.69) is 5.32 Å². The molecule has 5 nitrogen and oxygen atoms in total. The van der Waals surface area contributed by atoms with Gasteiger partial charge in [-0.05, 0) is 25.1 Å². The van der Waals surface area contributed by atoms with Gasteiger partial charge in [0.05, 0.1) is 12.3 Å². The number of carbonyl (C=O) groups is 1. The van der Waals surface area contributed by atoms with Crippen LogP contribution in [0.25, 0.3) is 0 Å². The highest BCUT2D eigenvalue weighted by Gasteiger charge is 2.18. The third-order valence-corrected chi connectivity index (χ3v) is 2.90. The van der Waals surface area contributed by atoms with E-state index >= 15 is 0 Å². The number of carboxylic acid groups (broad SMARTS) is 1. The number of para-hydroxylation sites is 1. The Bertz CT molecular complexity index is 414. The number of carboxylic acids is 1. The smallest absolute Gasteiger partial charge is 0.339 e. The van der Waals surface area contributed by atoms with Gasteiger partial charge in [-0.25, -0.2) is 4.79 Å². The molecule has 1 aliphatic rings. The molecule has 1 fully saturated rings. The second kappa shape index (κ2) is 5.05. The zero-order chi connectivity index (χ0) is 12.3. The van der Waals surface area contributed by atoms with Gasteiger partial charge in [0.1, 0.15) is 5.56 Å². The minimum atomic E-state index is -1.02. The lowest BCUT2D eigenvalue weighted by Crippen LogP contribution is -2.17. The fraction of sp³-hybridized carbons (Fsp3) is 0.417. The van der Waals surface area contributed by atoms with Crippen LogP contribution in [0.5, 0.6) is 5.75 Å². The number of anilines is 1. The number of aromatic carboxylic acids is 1. The number of hydrogen-bond donors (Lipinski definition) is 3. The Labute approximate surface area is 99.6 Å². The number of nitrogen functional groups attached to an aromatic ring is 1. The summed E-state index contributed by atoms with van der Waals surface area (Å²) >= 11 is 0. The standard InChI is InChI=1S/C12H16N2O3/c13-10-3-1-2-9(12(15)16)11(10)17-7-8-4-5-14-6-8/h1-3,8,14H,4-7,13H2,(H,15,16). The van der Waals surface area contributed by atoms with Crippen LogP contribution in [0.15, 0.2) is 18.2 Å². The Morgan fingerprint density at radius 1 is 1.59 bits per heavy atom. The summed E-state index contributed by atoms with van der Waals surface area (Å²) in [7, 11) is 0. The molecule has 1 unspecified atom stereocenters. The topological polar surface area (TPSA) is 84.6 Å². The fourth-order valence-corrected chi connectivity index (χ4v) is 1.94. The van der Waals surface area contributed by atoms with E-state index in [9.17, 15) is 4.79 Å². The van der Waals surface area contributed by atoms with Crippen LogP contribution >= 0.6 is 0 Å². The van der Waals surface area contributed by atoms with Crippen LogP contribution in [-0.2, 0) is 0 Å². The first-order valence-corrected chi connectivity index (χ1v) is 5.64. The molecule has 0 spiro atoms. The van der Waals surface area contributed by atoms with Crippen molar-refractivity contribution in [3.63, 3.8) is 0 Å². The first-order chi connectivity index (χ1) is 8.18. The van der Waals surface area contributed by atoms with E-state index < -0.39 is 5.97 Å². The predicted octanol–water partition coefficient (Wildman–Crippen LogP) is 0.955. The maximum Gasteiger partial charge on any atom is 0.339 e. The van der Waals surface area contributed by atoms with Gasteiger partial charge in [-0.15, -0.1) is 0 Å². The lowest BCUT2D eigenvalue weighted by atomic mass is 10.1. The summed E-state index contributed by atoms with van der Waals surface area (Å²) in [6.45, 7) is 2.40. The Morgan fingerprint density at radius 2 is 2.41 bits per heavy atom. The van der Waals surface area contributed by atoms with Crippen LogP contribution in [0.4, 0.5) is 5.69 Å². The lowest BCUT2D eigenvalue weighted by Gasteiger charge is -2.14. The molecule has 1 atom stereocenters. The molecular formula is C12H16N2O3. The molecule has 0 amide bonds. The van der Waals surface area contributed by atoms with Crippen LogP contribution < -0.4 is 15.8 Å². The van der Waals surface area contributed by atoms with Crippen LogP contribution in [0.3, 0.4) is 0 Å². The highest BCUT2D eigenvalue weighted by Crippen LogP contribution is 2.27. The maximum atomic E-state index is 11.0. The first-order valence-electron chi connectivity index (χ1n) is 5.64. The van der Waals surface area contributed by atoms with E-state index in [4.69, 9.17) is 15.6 Å². The van der Waals surface area contributed by atoms with Crippen LogP contribution in [0, 0.1) is 5.92 Å². The van der Waals surface area contributed by atoms with Crippen LogP contribution in [0.1, 0.15) is 16.8 Å². The molecule has 1 heterocycles. The summed E-state index contributed by atoms with van der Waals surface area (Å²) < 4.78 is 5.57. The molecule has 0 radical (unpaired) electrons. The molecule has 0 aliphatic carbocycles. The van der Waals surface area contributed by atoms with E-state index in [0.29, 0.717) is 18.2 Å². The third-order valence-electron chi connectivity index (χ3n) is 2.90. The van der Waals surface area contributed by atoms with Crippen molar-refractivity contribution in [1.29, 1.82) is 0 Å². The Hall–Kier alpha value is -1.75. The van der Waals surface area contributed by atoms with Gasteiger partial charge in [-0.1, -0.05) is 6.07 Å². The van der Waals surface area contributed by atoms with Crippen LogP contribution in [0.2, 0.25) is 0 Å². The molecule has 5 heteroatoms. The molecule has 1 aliphatic heterocycles. The summed E-state index contributed by atoms with van der Waals surface area (Å²) in [5, 5.41) is 12.3. The molecule has 0 saturated carbocycles. The average Bonchev–Trinajstić information content (AvgIpc) is 2.80. The van der Waals surface area contributed by atoms with Gasteiger partial charge in [0, 0.05) is 12.5 Å². The normalized spacial score (nSPS) is 19.2. The molecule has 92 valence electrons. The molecule has 1 aromatic rings. The van der Waals surface area contributed by atoms with Crippen molar-refractivity contribution < 1.29 is 14.6 Å².